The van der Waals surface area contributed by atoms with Gasteiger partial charge in [-0.1, -0.05) is 32.8 Å². The first-order chi connectivity index (χ1) is 11.9. The van der Waals surface area contributed by atoms with Crippen LogP contribution in [0.15, 0.2) is 11.6 Å². The van der Waals surface area contributed by atoms with E-state index in [0.29, 0.717) is 22.0 Å². The molecular weight excluding hydrogens is 304 g/mol. The highest BCUT2D eigenvalue weighted by Crippen LogP contribution is 2.72. The third kappa shape index (κ3) is 1.99. The first-order valence-corrected chi connectivity index (χ1v) is 11.1. The summed E-state index contributed by atoms with van der Waals surface area (Å²) in [5.74, 6) is 4.14. The zero-order valence-electron chi connectivity index (χ0n) is 16.6. The van der Waals surface area contributed by atoms with E-state index in [4.69, 9.17) is 0 Å². The average Bonchev–Trinajstić information content (AvgIpc) is 2.78. The van der Waals surface area contributed by atoms with Crippen LogP contribution in [0.3, 0.4) is 0 Å². The van der Waals surface area contributed by atoms with Gasteiger partial charge in [0.15, 0.2) is 5.78 Å². The molecule has 1 heteroatoms. The van der Waals surface area contributed by atoms with Gasteiger partial charge in [0.25, 0.3) is 0 Å². The highest BCUT2D eigenvalue weighted by atomic mass is 16.1. The third-order valence-electron chi connectivity index (χ3n) is 10.6. The van der Waals surface area contributed by atoms with E-state index in [-0.39, 0.29) is 0 Å². The van der Waals surface area contributed by atoms with Crippen molar-refractivity contribution >= 4 is 5.78 Å². The van der Waals surface area contributed by atoms with Crippen molar-refractivity contribution in [2.45, 2.75) is 91.4 Å². The molecule has 0 aromatic carbocycles. The Morgan fingerprint density at radius 2 is 1.56 bits per heavy atom. The van der Waals surface area contributed by atoms with E-state index < -0.39 is 0 Å². The lowest BCUT2D eigenvalue weighted by atomic mass is 9.43. The number of rotatable bonds is 1. The van der Waals surface area contributed by atoms with E-state index in [0.717, 1.165) is 36.5 Å². The molecule has 0 heterocycles. The molecule has 0 aromatic rings. The lowest BCUT2D eigenvalue weighted by Gasteiger charge is -2.61. The zero-order valence-corrected chi connectivity index (χ0v) is 16.6. The Morgan fingerprint density at radius 3 is 2.28 bits per heavy atom. The van der Waals surface area contributed by atoms with Crippen LogP contribution >= 0.6 is 0 Å². The van der Waals surface area contributed by atoms with Crippen molar-refractivity contribution in [3.05, 3.63) is 11.6 Å². The van der Waals surface area contributed by atoms with Crippen molar-refractivity contribution in [1.29, 1.82) is 0 Å². The van der Waals surface area contributed by atoms with Crippen LogP contribution in [0.2, 0.25) is 0 Å². The number of ketones is 1. The van der Waals surface area contributed by atoms with Gasteiger partial charge < -0.3 is 0 Å². The fourth-order valence-corrected chi connectivity index (χ4v) is 8.58. The fourth-order valence-electron chi connectivity index (χ4n) is 8.58. The molecule has 138 valence electrons. The van der Waals surface area contributed by atoms with Crippen molar-refractivity contribution < 1.29 is 4.79 Å². The quantitative estimate of drug-likeness (QED) is 0.545. The van der Waals surface area contributed by atoms with Crippen molar-refractivity contribution in [1.82, 2.24) is 0 Å². The maximum absolute atomic E-state index is 12.0. The minimum Gasteiger partial charge on any atom is -0.295 e. The van der Waals surface area contributed by atoms with Gasteiger partial charge in [-0.2, -0.15) is 0 Å². The molecule has 1 unspecified atom stereocenters. The summed E-state index contributed by atoms with van der Waals surface area (Å²) in [7, 11) is 0. The number of hydrogen-bond donors (Lipinski definition) is 0. The lowest BCUT2D eigenvalue weighted by molar-refractivity contribution is -0.120. The van der Waals surface area contributed by atoms with E-state index in [1.807, 2.05) is 0 Å². The van der Waals surface area contributed by atoms with Crippen LogP contribution in [-0.4, -0.2) is 5.78 Å². The summed E-state index contributed by atoms with van der Waals surface area (Å²) in [4.78, 5) is 12.0. The van der Waals surface area contributed by atoms with E-state index in [9.17, 15) is 4.79 Å². The second-order valence-corrected chi connectivity index (χ2v) is 11.0. The maximum atomic E-state index is 12.0. The van der Waals surface area contributed by atoms with E-state index in [1.165, 1.54) is 63.4 Å². The number of carbonyl (C=O) groups is 1. The van der Waals surface area contributed by atoms with Gasteiger partial charge in [-0.15, -0.1) is 0 Å². The topological polar surface area (TPSA) is 17.1 Å². The van der Waals surface area contributed by atoms with Crippen LogP contribution in [-0.2, 0) is 4.79 Å². The first-order valence-electron chi connectivity index (χ1n) is 11.1. The zero-order chi connectivity index (χ0) is 17.4. The Balaban J connectivity index is 1.48. The van der Waals surface area contributed by atoms with Crippen LogP contribution in [0.5, 0.6) is 0 Å². The summed E-state index contributed by atoms with van der Waals surface area (Å²) in [6.45, 7) is 7.88. The van der Waals surface area contributed by atoms with Crippen molar-refractivity contribution in [3.63, 3.8) is 0 Å². The van der Waals surface area contributed by atoms with Crippen molar-refractivity contribution in [2.75, 3.05) is 0 Å². The van der Waals surface area contributed by atoms with E-state index in [1.54, 1.807) is 0 Å². The van der Waals surface area contributed by atoms with E-state index in [2.05, 4.69) is 26.8 Å². The summed E-state index contributed by atoms with van der Waals surface area (Å²) in [5, 5.41) is 0. The first kappa shape index (κ1) is 16.6. The minimum atomic E-state index is 0.341. The Kier molecular flexibility index (Phi) is 3.47. The number of fused-ring (bicyclic) bond motifs is 5. The SMILES string of the molecule is C[C@]12CCC(=O)C=C1CCC1[C@@H]2CC[C@@]2(C)[C@H]1CC[C@]2(C)C1CCC1. The fraction of sp³-hybridized carbons (Fsp3) is 0.875. The van der Waals surface area contributed by atoms with Gasteiger partial charge in [-0.25, -0.2) is 0 Å². The number of allylic oxidation sites excluding steroid dienone is 1. The second kappa shape index (κ2) is 5.23. The predicted octanol–water partition coefficient (Wildman–Crippen LogP) is 6.32. The lowest BCUT2D eigenvalue weighted by Crippen LogP contribution is -2.54. The maximum Gasteiger partial charge on any atom is 0.155 e. The molecule has 5 rings (SSSR count). The highest BCUT2D eigenvalue weighted by Gasteiger charge is 2.64. The third-order valence-corrected chi connectivity index (χ3v) is 10.6. The van der Waals surface area contributed by atoms with Crippen molar-refractivity contribution in [2.24, 2.45) is 39.9 Å². The van der Waals surface area contributed by atoms with Crippen molar-refractivity contribution in [3.8, 4) is 0 Å². The Labute approximate surface area is 154 Å². The van der Waals surface area contributed by atoms with Crippen LogP contribution in [0.4, 0.5) is 0 Å². The molecule has 5 aliphatic carbocycles. The standard InChI is InChI=1S/C24H36O/c1-22-12-9-18(25)15-17(22)7-8-19-20(22)10-14-24(3)21(19)11-13-23(24,2)16-5-4-6-16/h15-16,19-21H,4-14H2,1-3H3/t19?,20-,21-,22-,23+,24-/m0/s1. The molecule has 0 amide bonds. The van der Waals surface area contributed by atoms with Crippen LogP contribution in [0.1, 0.15) is 91.4 Å². The molecule has 4 fully saturated rings. The highest BCUT2D eigenvalue weighted by molar-refractivity contribution is 5.91. The molecule has 5 aliphatic rings. The van der Waals surface area contributed by atoms with Gasteiger partial charge in [0.05, 0.1) is 0 Å². The van der Waals surface area contributed by atoms with Gasteiger partial charge in [0.2, 0.25) is 0 Å². The average molecular weight is 341 g/mol. The van der Waals surface area contributed by atoms with Gasteiger partial charge in [-0.3, -0.25) is 4.79 Å². The van der Waals surface area contributed by atoms with Gasteiger partial charge in [-0.05, 0) is 104 Å². The molecule has 4 saturated carbocycles. The van der Waals surface area contributed by atoms with E-state index >= 15 is 0 Å². The smallest absolute Gasteiger partial charge is 0.155 e. The Morgan fingerprint density at radius 1 is 0.840 bits per heavy atom. The molecular formula is C24H36O. The summed E-state index contributed by atoms with van der Waals surface area (Å²) in [5.41, 5.74) is 3.06. The molecule has 6 atom stereocenters. The predicted molar refractivity (Wildman–Crippen MR) is 102 cm³/mol. The summed E-state index contributed by atoms with van der Waals surface area (Å²) < 4.78 is 0. The van der Waals surface area contributed by atoms with Gasteiger partial charge in [0.1, 0.15) is 0 Å². The summed E-state index contributed by atoms with van der Waals surface area (Å²) >= 11 is 0. The van der Waals surface area contributed by atoms with Gasteiger partial charge in [0, 0.05) is 6.42 Å². The molecule has 0 spiro atoms. The Hall–Kier alpha value is -0.590. The molecule has 0 aromatic heterocycles. The molecule has 1 nitrogen and oxygen atoms in total. The Bertz CT molecular complexity index is 628. The number of carbonyl (C=O) groups excluding carboxylic acids is 1. The summed E-state index contributed by atoms with van der Waals surface area (Å²) in [6, 6.07) is 0. The molecule has 0 radical (unpaired) electrons. The van der Waals surface area contributed by atoms with Gasteiger partial charge >= 0.3 is 0 Å². The molecule has 0 saturated heterocycles. The number of hydrogen-bond acceptors (Lipinski definition) is 1. The monoisotopic (exact) mass is 340 g/mol. The van der Waals surface area contributed by atoms with Crippen LogP contribution < -0.4 is 0 Å². The summed E-state index contributed by atoms with van der Waals surface area (Å²) in [6.07, 6.45) is 16.9. The largest absolute Gasteiger partial charge is 0.295 e. The molecule has 0 N–H and O–H groups in total. The van der Waals surface area contributed by atoms with Crippen LogP contribution in [0.25, 0.3) is 0 Å². The molecule has 25 heavy (non-hydrogen) atoms. The minimum absolute atomic E-state index is 0.341. The molecule has 0 aliphatic heterocycles. The second-order valence-electron chi connectivity index (χ2n) is 11.0. The van der Waals surface area contributed by atoms with Crippen LogP contribution in [0, 0.1) is 39.9 Å². The normalized spacial score (nSPS) is 52.7. The molecule has 0 bridgehead atoms.